The lowest BCUT2D eigenvalue weighted by molar-refractivity contribution is 0.621. The average Bonchev–Trinajstić information content (AvgIpc) is 2.90. The average molecular weight is 361 g/mol. The number of para-hydroxylation sites is 1. The van der Waals surface area contributed by atoms with Gasteiger partial charge in [-0.2, -0.15) is 0 Å². The van der Waals surface area contributed by atoms with Gasteiger partial charge in [-0.15, -0.1) is 11.3 Å². The third-order valence-corrected chi connectivity index (χ3v) is 5.27. The van der Waals surface area contributed by atoms with Gasteiger partial charge in [-0.3, -0.25) is 0 Å². The van der Waals surface area contributed by atoms with Crippen molar-refractivity contribution in [1.82, 2.24) is 10.3 Å². The zero-order chi connectivity index (χ0) is 14.8. The summed E-state index contributed by atoms with van der Waals surface area (Å²) < 4.78 is 1.06. The zero-order valence-corrected chi connectivity index (χ0v) is 14.5. The monoisotopic (exact) mass is 360 g/mol. The van der Waals surface area contributed by atoms with E-state index in [9.17, 15) is 0 Å². The van der Waals surface area contributed by atoms with Crippen molar-refractivity contribution in [3.05, 3.63) is 62.4 Å². The molecular formula is C17H17BrN2S. The molecular weight excluding hydrogens is 344 g/mol. The van der Waals surface area contributed by atoms with Crippen LogP contribution in [0, 0.1) is 6.92 Å². The number of nitrogens with zero attached hydrogens (tertiary/aromatic N) is 1. The molecule has 2 aromatic heterocycles. The molecule has 0 saturated heterocycles. The van der Waals surface area contributed by atoms with Crippen LogP contribution in [-0.2, 0) is 0 Å². The van der Waals surface area contributed by atoms with Crippen LogP contribution in [0.25, 0.3) is 10.9 Å². The van der Waals surface area contributed by atoms with E-state index in [4.69, 9.17) is 4.98 Å². The SMILES string of the molecule is CCNC(c1nc2ccccc2cc1Br)c1sccc1C. The molecule has 21 heavy (non-hydrogen) atoms. The first-order chi connectivity index (χ1) is 10.2. The number of hydrogen-bond donors (Lipinski definition) is 1. The van der Waals surface area contributed by atoms with Crippen molar-refractivity contribution in [3.63, 3.8) is 0 Å². The minimum Gasteiger partial charge on any atom is -0.305 e. The molecule has 4 heteroatoms. The fourth-order valence-electron chi connectivity index (χ4n) is 2.51. The molecule has 108 valence electrons. The van der Waals surface area contributed by atoms with Crippen molar-refractivity contribution in [2.45, 2.75) is 19.9 Å². The smallest absolute Gasteiger partial charge is 0.0859 e. The fraction of sp³-hybridized carbons (Fsp3) is 0.235. The molecule has 1 atom stereocenters. The summed E-state index contributed by atoms with van der Waals surface area (Å²) in [5, 5.41) is 6.87. The number of thiophene rings is 1. The van der Waals surface area contributed by atoms with Crippen LogP contribution >= 0.6 is 27.3 Å². The molecule has 1 unspecified atom stereocenters. The predicted molar refractivity (Wildman–Crippen MR) is 94.0 cm³/mol. The number of benzene rings is 1. The molecule has 0 aliphatic carbocycles. The van der Waals surface area contributed by atoms with Gasteiger partial charge < -0.3 is 5.32 Å². The van der Waals surface area contributed by atoms with E-state index in [1.54, 1.807) is 11.3 Å². The van der Waals surface area contributed by atoms with Crippen molar-refractivity contribution < 1.29 is 0 Å². The van der Waals surface area contributed by atoms with Crippen molar-refractivity contribution in [1.29, 1.82) is 0 Å². The molecule has 3 aromatic rings. The zero-order valence-electron chi connectivity index (χ0n) is 12.1. The second-order valence-corrected chi connectivity index (χ2v) is 6.81. The Kier molecular flexibility index (Phi) is 4.38. The molecule has 0 aliphatic rings. The Balaban J connectivity index is 2.15. The summed E-state index contributed by atoms with van der Waals surface area (Å²) in [7, 11) is 0. The molecule has 0 spiro atoms. The number of pyridine rings is 1. The number of aryl methyl sites for hydroxylation is 1. The van der Waals surface area contributed by atoms with E-state index in [0.29, 0.717) is 0 Å². The third kappa shape index (κ3) is 2.89. The Hall–Kier alpha value is -1.23. The minimum atomic E-state index is 0.133. The van der Waals surface area contributed by atoms with Gasteiger partial charge in [0.15, 0.2) is 0 Å². The lowest BCUT2D eigenvalue weighted by Crippen LogP contribution is -2.23. The summed E-state index contributed by atoms with van der Waals surface area (Å²) in [5.41, 5.74) is 3.40. The number of halogens is 1. The van der Waals surface area contributed by atoms with E-state index in [0.717, 1.165) is 27.6 Å². The van der Waals surface area contributed by atoms with Gasteiger partial charge >= 0.3 is 0 Å². The summed E-state index contributed by atoms with van der Waals surface area (Å²) >= 11 is 5.48. The first kappa shape index (κ1) is 14.7. The molecule has 0 bridgehead atoms. The lowest BCUT2D eigenvalue weighted by atomic mass is 10.1. The van der Waals surface area contributed by atoms with Crippen LogP contribution in [0.2, 0.25) is 0 Å². The van der Waals surface area contributed by atoms with Crippen molar-refractivity contribution in [2.24, 2.45) is 0 Å². The van der Waals surface area contributed by atoms with Gasteiger partial charge in [0.05, 0.1) is 17.3 Å². The van der Waals surface area contributed by atoms with Crippen molar-refractivity contribution >= 4 is 38.2 Å². The molecule has 0 aliphatic heterocycles. The van der Waals surface area contributed by atoms with E-state index in [2.05, 4.69) is 64.7 Å². The highest BCUT2D eigenvalue weighted by Crippen LogP contribution is 2.33. The maximum atomic E-state index is 4.89. The summed E-state index contributed by atoms with van der Waals surface area (Å²) in [6.07, 6.45) is 0. The molecule has 0 saturated carbocycles. The molecule has 0 fully saturated rings. The Labute approximate surface area is 137 Å². The number of hydrogen-bond acceptors (Lipinski definition) is 3. The van der Waals surface area contributed by atoms with E-state index >= 15 is 0 Å². The fourth-order valence-corrected chi connectivity index (χ4v) is 4.07. The number of aromatic nitrogens is 1. The minimum absolute atomic E-state index is 0.133. The molecule has 2 nitrogen and oxygen atoms in total. The Morgan fingerprint density at radius 1 is 1.29 bits per heavy atom. The van der Waals surface area contributed by atoms with E-state index in [1.165, 1.54) is 10.4 Å². The third-order valence-electron chi connectivity index (χ3n) is 3.55. The second kappa shape index (κ2) is 6.26. The van der Waals surface area contributed by atoms with E-state index in [-0.39, 0.29) is 6.04 Å². The Morgan fingerprint density at radius 3 is 2.81 bits per heavy atom. The summed E-state index contributed by atoms with van der Waals surface area (Å²) in [6.45, 7) is 5.19. The van der Waals surface area contributed by atoms with E-state index in [1.807, 2.05) is 12.1 Å². The summed E-state index contributed by atoms with van der Waals surface area (Å²) in [6, 6.07) is 12.7. The van der Waals surface area contributed by atoms with Crippen molar-refractivity contribution in [3.8, 4) is 0 Å². The van der Waals surface area contributed by atoms with Gasteiger partial charge in [-0.05, 0) is 58.5 Å². The quantitative estimate of drug-likeness (QED) is 0.702. The van der Waals surface area contributed by atoms with Crippen LogP contribution in [0.1, 0.15) is 29.1 Å². The van der Waals surface area contributed by atoms with Gasteiger partial charge in [0, 0.05) is 14.7 Å². The van der Waals surface area contributed by atoms with Crippen LogP contribution < -0.4 is 5.32 Å². The molecule has 1 N–H and O–H groups in total. The molecule has 0 amide bonds. The van der Waals surface area contributed by atoms with Gasteiger partial charge in [-0.1, -0.05) is 25.1 Å². The summed E-state index contributed by atoms with van der Waals surface area (Å²) in [4.78, 5) is 6.22. The largest absolute Gasteiger partial charge is 0.305 e. The standard InChI is InChI=1S/C17H17BrN2S/c1-3-19-16(17-11(2)8-9-21-17)15-13(18)10-12-6-4-5-7-14(12)20-15/h4-10,16,19H,3H2,1-2H3. The van der Waals surface area contributed by atoms with Gasteiger partial charge in [0.25, 0.3) is 0 Å². The second-order valence-electron chi connectivity index (χ2n) is 5.01. The van der Waals surface area contributed by atoms with Gasteiger partial charge in [0.2, 0.25) is 0 Å². The normalized spacial score (nSPS) is 12.7. The first-order valence-electron chi connectivity index (χ1n) is 7.03. The molecule has 1 aromatic carbocycles. The Bertz CT molecular complexity index is 766. The highest BCUT2D eigenvalue weighted by molar-refractivity contribution is 9.10. The predicted octanol–water partition coefficient (Wildman–Crippen LogP) is 5.07. The first-order valence-corrected chi connectivity index (χ1v) is 8.70. The highest BCUT2D eigenvalue weighted by atomic mass is 79.9. The summed E-state index contributed by atoms with van der Waals surface area (Å²) in [5.74, 6) is 0. The topological polar surface area (TPSA) is 24.9 Å². The highest BCUT2D eigenvalue weighted by Gasteiger charge is 2.21. The maximum Gasteiger partial charge on any atom is 0.0859 e. The maximum absolute atomic E-state index is 4.89. The van der Waals surface area contributed by atoms with Crippen LogP contribution in [-0.4, -0.2) is 11.5 Å². The van der Waals surface area contributed by atoms with Crippen LogP contribution in [0.15, 0.2) is 46.3 Å². The van der Waals surface area contributed by atoms with Crippen molar-refractivity contribution in [2.75, 3.05) is 6.54 Å². The molecule has 0 radical (unpaired) electrons. The Morgan fingerprint density at radius 2 is 2.10 bits per heavy atom. The number of nitrogens with one attached hydrogen (secondary N) is 1. The van der Waals surface area contributed by atoms with E-state index < -0.39 is 0 Å². The van der Waals surface area contributed by atoms with Crippen LogP contribution in [0.4, 0.5) is 0 Å². The number of rotatable bonds is 4. The van der Waals surface area contributed by atoms with Gasteiger partial charge in [0.1, 0.15) is 0 Å². The van der Waals surface area contributed by atoms with Gasteiger partial charge in [-0.25, -0.2) is 4.98 Å². The number of fused-ring (bicyclic) bond motifs is 1. The van der Waals surface area contributed by atoms with Crippen LogP contribution in [0.3, 0.4) is 0 Å². The lowest BCUT2D eigenvalue weighted by Gasteiger charge is -2.19. The molecule has 3 rings (SSSR count). The van der Waals surface area contributed by atoms with Crippen LogP contribution in [0.5, 0.6) is 0 Å². The molecule has 2 heterocycles.